The van der Waals surface area contributed by atoms with Gasteiger partial charge in [0.15, 0.2) is 5.78 Å². The molecule has 3 saturated carbocycles. The highest BCUT2D eigenvalue weighted by molar-refractivity contribution is 5.94. The van der Waals surface area contributed by atoms with Crippen LogP contribution in [0.2, 0.25) is 0 Å². The summed E-state index contributed by atoms with van der Waals surface area (Å²) in [5, 5.41) is 10.8. The van der Waals surface area contributed by atoms with E-state index in [1.54, 1.807) is 0 Å². The zero-order chi connectivity index (χ0) is 15.3. The number of ketones is 1. The number of carbonyl (C=O) groups excluding carboxylic acids is 1. The first-order valence-corrected chi connectivity index (χ1v) is 9.00. The highest BCUT2D eigenvalue weighted by atomic mass is 16.6. The van der Waals surface area contributed by atoms with Crippen molar-refractivity contribution in [1.82, 2.24) is 0 Å². The van der Waals surface area contributed by atoms with Crippen molar-refractivity contribution in [3.63, 3.8) is 0 Å². The fourth-order valence-corrected chi connectivity index (χ4v) is 6.98. The lowest BCUT2D eigenvalue weighted by Gasteiger charge is -2.60. The molecule has 4 aliphatic carbocycles. The Labute approximate surface area is 132 Å². The van der Waals surface area contributed by atoms with Gasteiger partial charge in [-0.05, 0) is 55.3 Å². The third-order valence-corrected chi connectivity index (χ3v) is 8.18. The number of carbonyl (C=O) groups is 1. The lowest BCUT2D eigenvalue weighted by Crippen LogP contribution is -2.57. The minimum absolute atomic E-state index is 0.109. The molecular weight excluding hydrogens is 276 g/mol. The monoisotopic (exact) mass is 302 g/mol. The summed E-state index contributed by atoms with van der Waals surface area (Å²) in [5.74, 6) is 2.20. The lowest BCUT2D eigenvalue weighted by atomic mass is 9.45. The van der Waals surface area contributed by atoms with Crippen LogP contribution in [-0.4, -0.2) is 29.2 Å². The fourth-order valence-electron chi connectivity index (χ4n) is 6.98. The van der Waals surface area contributed by atoms with Crippen molar-refractivity contribution in [2.75, 3.05) is 0 Å². The molecule has 0 radical (unpaired) electrons. The number of hydrogen-bond acceptors (Lipinski definition) is 3. The molecule has 5 rings (SSSR count). The van der Waals surface area contributed by atoms with Crippen molar-refractivity contribution < 1.29 is 14.6 Å². The Hall–Kier alpha value is -0.670. The molecule has 9 atom stereocenters. The van der Waals surface area contributed by atoms with Gasteiger partial charge >= 0.3 is 0 Å². The Morgan fingerprint density at radius 1 is 1.27 bits per heavy atom. The van der Waals surface area contributed by atoms with Crippen LogP contribution in [0.1, 0.15) is 46.0 Å². The van der Waals surface area contributed by atoms with E-state index in [9.17, 15) is 9.90 Å². The molecule has 1 saturated heterocycles. The molecule has 1 heterocycles. The summed E-state index contributed by atoms with van der Waals surface area (Å²) in [5.41, 5.74) is 0.0244. The zero-order valence-corrected chi connectivity index (χ0v) is 13.5. The molecule has 0 unspecified atom stereocenters. The van der Waals surface area contributed by atoms with Crippen molar-refractivity contribution >= 4 is 5.78 Å². The number of aliphatic hydroxyl groups excluding tert-OH is 1. The Bertz CT molecular complexity index is 569. The van der Waals surface area contributed by atoms with E-state index >= 15 is 0 Å². The second-order valence-corrected chi connectivity index (χ2v) is 8.96. The molecule has 5 aliphatic rings. The van der Waals surface area contributed by atoms with Crippen molar-refractivity contribution in [2.24, 2.45) is 34.5 Å². The maximum Gasteiger partial charge on any atom is 0.170 e. The highest BCUT2D eigenvalue weighted by Gasteiger charge is 2.72. The van der Waals surface area contributed by atoms with Crippen LogP contribution in [-0.2, 0) is 9.53 Å². The molecule has 1 aliphatic heterocycles. The number of allylic oxidation sites excluding steroid dienone is 2. The van der Waals surface area contributed by atoms with Gasteiger partial charge in [0.2, 0.25) is 0 Å². The van der Waals surface area contributed by atoms with Gasteiger partial charge in [-0.2, -0.15) is 0 Å². The minimum atomic E-state index is -0.216. The Morgan fingerprint density at radius 2 is 2.09 bits per heavy atom. The first-order valence-electron chi connectivity index (χ1n) is 9.00. The first kappa shape index (κ1) is 13.7. The number of epoxide rings is 1. The van der Waals surface area contributed by atoms with Crippen LogP contribution in [0.15, 0.2) is 12.2 Å². The third kappa shape index (κ3) is 1.43. The summed E-state index contributed by atoms with van der Waals surface area (Å²) < 4.78 is 5.71. The van der Waals surface area contributed by atoms with Crippen LogP contribution in [0, 0.1) is 34.5 Å². The number of ether oxygens (including phenoxy) is 1. The summed E-state index contributed by atoms with van der Waals surface area (Å²) in [6, 6.07) is 0. The molecule has 1 N–H and O–H groups in total. The van der Waals surface area contributed by atoms with Gasteiger partial charge in [-0.1, -0.05) is 26.0 Å². The third-order valence-electron chi connectivity index (χ3n) is 8.18. The smallest absolute Gasteiger partial charge is 0.170 e. The average molecular weight is 302 g/mol. The van der Waals surface area contributed by atoms with Crippen LogP contribution in [0.3, 0.4) is 0 Å². The average Bonchev–Trinajstić information content (AvgIpc) is 3.21. The van der Waals surface area contributed by atoms with Crippen molar-refractivity contribution in [1.29, 1.82) is 0 Å². The molecular formula is C19H26O3. The van der Waals surface area contributed by atoms with E-state index in [1.807, 2.05) is 0 Å². The standard InChI is InChI=1S/C19H26O3/c1-18-7-4-3-5-12(18)13(20)9-10-11(18)6-8-19(2)14(10)15-16(22-15)17(19)21/h3-4,10-16,20H,5-9H2,1-2H3/t10-,11+,12-,13+,14-,15+,16+,18-,19+/m1/s1. The molecule has 0 aromatic carbocycles. The van der Waals surface area contributed by atoms with E-state index in [-0.39, 0.29) is 29.1 Å². The topological polar surface area (TPSA) is 49.8 Å². The second kappa shape index (κ2) is 4.05. The van der Waals surface area contributed by atoms with E-state index in [2.05, 4.69) is 26.0 Å². The molecule has 0 bridgehead atoms. The Kier molecular flexibility index (Phi) is 2.53. The summed E-state index contributed by atoms with van der Waals surface area (Å²) in [4.78, 5) is 12.6. The molecule has 0 amide bonds. The molecule has 120 valence electrons. The van der Waals surface area contributed by atoms with Crippen LogP contribution in [0.25, 0.3) is 0 Å². The van der Waals surface area contributed by atoms with Crippen molar-refractivity contribution in [3.05, 3.63) is 12.2 Å². The molecule has 22 heavy (non-hydrogen) atoms. The van der Waals surface area contributed by atoms with Crippen molar-refractivity contribution in [3.8, 4) is 0 Å². The molecule has 3 heteroatoms. The number of Topliss-reactive ketones (excluding diaryl/α,β-unsaturated/α-hetero) is 1. The fraction of sp³-hybridized carbons (Fsp3) is 0.842. The molecule has 4 fully saturated rings. The van der Waals surface area contributed by atoms with Crippen LogP contribution in [0.5, 0.6) is 0 Å². The number of fused-ring (bicyclic) bond motifs is 7. The molecule has 0 spiro atoms. The molecule has 0 aromatic rings. The zero-order valence-electron chi connectivity index (χ0n) is 13.5. The summed E-state index contributed by atoms with van der Waals surface area (Å²) >= 11 is 0. The second-order valence-electron chi connectivity index (χ2n) is 8.96. The van der Waals surface area contributed by atoms with Crippen LogP contribution < -0.4 is 0 Å². The minimum Gasteiger partial charge on any atom is -0.393 e. The van der Waals surface area contributed by atoms with Gasteiger partial charge in [-0.15, -0.1) is 0 Å². The Balaban J connectivity index is 1.56. The van der Waals surface area contributed by atoms with E-state index < -0.39 is 0 Å². The summed E-state index contributed by atoms with van der Waals surface area (Å²) in [6.45, 7) is 4.57. The number of rotatable bonds is 0. The van der Waals surface area contributed by atoms with E-state index in [0.29, 0.717) is 29.5 Å². The van der Waals surface area contributed by atoms with Gasteiger partial charge < -0.3 is 9.84 Å². The molecule has 0 aromatic heterocycles. The van der Waals surface area contributed by atoms with Gasteiger partial charge in [0.25, 0.3) is 0 Å². The SMILES string of the molecule is C[C@]12CC=CC[C@@H]1[C@@H](O)C[C@H]1[C@@H]3[C@@H]4O[C@@H]4C(=O)[C@@]3(C)CC[C@@H]12. The van der Waals surface area contributed by atoms with Gasteiger partial charge in [-0.3, -0.25) is 4.79 Å². The number of hydrogen-bond donors (Lipinski definition) is 1. The highest BCUT2D eigenvalue weighted by Crippen LogP contribution is 2.67. The Morgan fingerprint density at radius 3 is 2.91 bits per heavy atom. The van der Waals surface area contributed by atoms with Gasteiger partial charge in [-0.25, -0.2) is 0 Å². The van der Waals surface area contributed by atoms with Crippen molar-refractivity contribution in [2.45, 2.75) is 64.3 Å². The van der Waals surface area contributed by atoms with Gasteiger partial charge in [0.1, 0.15) is 6.10 Å². The van der Waals surface area contributed by atoms with Gasteiger partial charge in [0.05, 0.1) is 12.2 Å². The lowest BCUT2D eigenvalue weighted by molar-refractivity contribution is -0.161. The quantitative estimate of drug-likeness (QED) is 0.553. The van der Waals surface area contributed by atoms with Gasteiger partial charge in [0, 0.05) is 11.3 Å². The first-order chi connectivity index (χ1) is 10.5. The van der Waals surface area contributed by atoms with E-state index in [1.165, 1.54) is 0 Å². The summed E-state index contributed by atoms with van der Waals surface area (Å²) in [6.07, 6.45) is 9.56. The largest absolute Gasteiger partial charge is 0.393 e. The predicted octanol–water partition coefficient (Wildman–Crippen LogP) is 2.72. The van der Waals surface area contributed by atoms with Crippen LogP contribution in [0.4, 0.5) is 0 Å². The maximum atomic E-state index is 12.6. The summed E-state index contributed by atoms with van der Waals surface area (Å²) in [7, 11) is 0. The van der Waals surface area contributed by atoms with E-state index in [0.717, 1.165) is 32.1 Å². The normalized spacial score (nSPS) is 62.0. The predicted molar refractivity (Wildman–Crippen MR) is 82.1 cm³/mol. The van der Waals surface area contributed by atoms with Crippen LogP contribution >= 0.6 is 0 Å². The maximum absolute atomic E-state index is 12.6. The molecule has 3 nitrogen and oxygen atoms in total. The number of aliphatic hydroxyl groups is 1. The van der Waals surface area contributed by atoms with E-state index in [4.69, 9.17) is 4.74 Å².